The van der Waals surface area contributed by atoms with Crippen LogP contribution in [-0.2, 0) is 6.42 Å². The number of halogens is 1. The van der Waals surface area contributed by atoms with Crippen LogP contribution in [0.15, 0.2) is 24.3 Å². The van der Waals surface area contributed by atoms with Crippen LogP contribution in [-0.4, -0.2) is 18.6 Å². The Kier molecular flexibility index (Phi) is 3.42. The largest absolute Gasteiger partial charge is 0.319 e. The molecule has 0 bridgehead atoms. The van der Waals surface area contributed by atoms with E-state index in [0.29, 0.717) is 0 Å². The molecule has 0 aliphatic heterocycles. The average Bonchev–Trinajstić information content (AvgIpc) is 2.27. The maximum absolute atomic E-state index is 5.98. The Morgan fingerprint density at radius 1 is 1.31 bits per heavy atom. The summed E-state index contributed by atoms with van der Waals surface area (Å²) in [5.41, 5.74) is 3.39. The number of rotatable bonds is 3. The van der Waals surface area contributed by atoms with Crippen molar-refractivity contribution < 1.29 is 0 Å². The number of hydrogen-bond donors (Lipinski definition) is 1. The average molecular weight is 235 g/mol. The zero-order valence-electron chi connectivity index (χ0n) is 9.55. The fraction of sp³-hybridized carbons (Fsp3) is 0.308. The predicted octanol–water partition coefficient (Wildman–Crippen LogP) is 2.96. The van der Waals surface area contributed by atoms with Crippen molar-refractivity contribution in [3.63, 3.8) is 0 Å². The van der Waals surface area contributed by atoms with Crippen molar-refractivity contribution in [1.29, 1.82) is 0 Å². The molecule has 0 atom stereocenters. The van der Waals surface area contributed by atoms with Crippen molar-refractivity contribution in [3.8, 4) is 0 Å². The Morgan fingerprint density at radius 2 is 2.12 bits per heavy atom. The zero-order chi connectivity index (χ0) is 11.5. The van der Waals surface area contributed by atoms with Crippen LogP contribution < -0.4 is 5.32 Å². The lowest BCUT2D eigenvalue weighted by atomic mass is 10.1. The van der Waals surface area contributed by atoms with Crippen molar-refractivity contribution in [2.45, 2.75) is 13.3 Å². The third kappa shape index (κ3) is 2.34. The Morgan fingerprint density at radius 3 is 2.88 bits per heavy atom. The molecule has 1 aromatic carbocycles. The van der Waals surface area contributed by atoms with Gasteiger partial charge in [-0.3, -0.25) is 4.98 Å². The summed E-state index contributed by atoms with van der Waals surface area (Å²) in [6.07, 6.45) is 0.998. The minimum Gasteiger partial charge on any atom is -0.319 e. The maximum atomic E-state index is 5.98. The van der Waals surface area contributed by atoms with Gasteiger partial charge in [0.2, 0.25) is 0 Å². The van der Waals surface area contributed by atoms with E-state index in [9.17, 15) is 0 Å². The lowest BCUT2D eigenvalue weighted by Crippen LogP contribution is -2.11. The number of fused-ring (bicyclic) bond motifs is 1. The Balaban J connectivity index is 2.46. The van der Waals surface area contributed by atoms with E-state index in [-0.39, 0.29) is 0 Å². The van der Waals surface area contributed by atoms with Crippen molar-refractivity contribution in [2.24, 2.45) is 0 Å². The predicted molar refractivity (Wildman–Crippen MR) is 69.1 cm³/mol. The van der Waals surface area contributed by atoms with E-state index in [1.807, 2.05) is 25.2 Å². The topological polar surface area (TPSA) is 24.9 Å². The molecule has 0 radical (unpaired) electrons. The molecule has 0 unspecified atom stereocenters. The molecule has 16 heavy (non-hydrogen) atoms. The summed E-state index contributed by atoms with van der Waals surface area (Å²) in [6, 6.07) is 7.99. The van der Waals surface area contributed by atoms with Gasteiger partial charge in [-0.25, -0.2) is 0 Å². The molecule has 0 aliphatic rings. The fourth-order valence-corrected chi connectivity index (χ4v) is 1.98. The van der Waals surface area contributed by atoms with Crippen molar-refractivity contribution in [1.82, 2.24) is 10.3 Å². The highest BCUT2D eigenvalue weighted by atomic mass is 35.5. The van der Waals surface area contributed by atoms with Gasteiger partial charge in [-0.05, 0) is 56.8 Å². The summed E-state index contributed by atoms with van der Waals surface area (Å²) in [6.45, 7) is 3.02. The number of nitrogens with zero attached hydrogens (tertiary/aromatic N) is 1. The highest BCUT2D eigenvalue weighted by Crippen LogP contribution is 2.20. The highest BCUT2D eigenvalue weighted by Gasteiger charge is 2.03. The van der Waals surface area contributed by atoms with Crippen LogP contribution in [0.3, 0.4) is 0 Å². The van der Waals surface area contributed by atoms with Crippen LogP contribution in [0, 0.1) is 6.92 Å². The molecule has 0 amide bonds. The normalized spacial score (nSPS) is 10.9. The molecule has 1 aromatic heterocycles. The Hall–Kier alpha value is -1.12. The lowest BCUT2D eigenvalue weighted by molar-refractivity contribution is 0.786. The number of benzene rings is 1. The monoisotopic (exact) mass is 234 g/mol. The van der Waals surface area contributed by atoms with Crippen LogP contribution in [0.25, 0.3) is 10.9 Å². The van der Waals surface area contributed by atoms with Gasteiger partial charge in [0.25, 0.3) is 0 Å². The molecular weight excluding hydrogens is 220 g/mol. The number of hydrogen-bond acceptors (Lipinski definition) is 2. The molecule has 0 fully saturated rings. The van der Waals surface area contributed by atoms with Gasteiger partial charge in [0.1, 0.15) is 0 Å². The number of nitrogens with one attached hydrogen (secondary N) is 1. The van der Waals surface area contributed by atoms with E-state index in [4.69, 9.17) is 11.6 Å². The molecule has 3 heteroatoms. The van der Waals surface area contributed by atoms with Gasteiger partial charge < -0.3 is 5.32 Å². The van der Waals surface area contributed by atoms with Gasteiger partial charge in [0, 0.05) is 16.1 Å². The Labute approximate surface area is 101 Å². The first-order valence-corrected chi connectivity index (χ1v) is 5.79. The van der Waals surface area contributed by atoms with Gasteiger partial charge in [-0.15, -0.1) is 0 Å². The summed E-state index contributed by atoms with van der Waals surface area (Å²) >= 11 is 5.98. The number of likely N-dealkylation sites (N-methyl/N-ethyl adjacent to an activating group) is 1. The SMILES string of the molecule is CNCCc1cc2cc(Cl)ccc2nc1C. The highest BCUT2D eigenvalue weighted by molar-refractivity contribution is 6.31. The van der Waals surface area contributed by atoms with Crippen molar-refractivity contribution in [3.05, 3.63) is 40.5 Å². The molecule has 0 aliphatic carbocycles. The van der Waals surface area contributed by atoms with Gasteiger partial charge in [0.15, 0.2) is 0 Å². The number of aryl methyl sites for hydroxylation is 1. The molecule has 2 aromatic rings. The summed E-state index contributed by atoms with van der Waals surface area (Å²) in [4.78, 5) is 4.58. The summed E-state index contributed by atoms with van der Waals surface area (Å²) in [5, 5.41) is 5.03. The molecule has 0 saturated heterocycles. The first-order chi connectivity index (χ1) is 7.70. The minimum absolute atomic E-state index is 0.762. The van der Waals surface area contributed by atoms with Gasteiger partial charge >= 0.3 is 0 Å². The molecule has 0 spiro atoms. The smallest absolute Gasteiger partial charge is 0.0706 e. The molecule has 1 N–H and O–H groups in total. The van der Waals surface area contributed by atoms with Crippen molar-refractivity contribution in [2.75, 3.05) is 13.6 Å². The molecule has 84 valence electrons. The van der Waals surface area contributed by atoms with E-state index in [1.165, 1.54) is 5.56 Å². The quantitative estimate of drug-likeness (QED) is 0.883. The third-order valence-electron chi connectivity index (χ3n) is 2.72. The molecule has 1 heterocycles. The number of aromatic nitrogens is 1. The first-order valence-electron chi connectivity index (χ1n) is 5.41. The van der Waals surface area contributed by atoms with E-state index in [2.05, 4.69) is 23.3 Å². The van der Waals surface area contributed by atoms with E-state index in [1.54, 1.807) is 0 Å². The van der Waals surface area contributed by atoms with E-state index >= 15 is 0 Å². The lowest BCUT2D eigenvalue weighted by Gasteiger charge is -2.07. The zero-order valence-corrected chi connectivity index (χ0v) is 10.3. The standard InChI is InChI=1S/C13H15ClN2/c1-9-10(5-6-15-2)7-11-8-12(14)3-4-13(11)16-9/h3-4,7-8,15H,5-6H2,1-2H3. The van der Waals surface area contributed by atoms with E-state index < -0.39 is 0 Å². The van der Waals surface area contributed by atoms with Crippen LogP contribution in [0.4, 0.5) is 0 Å². The second-order valence-electron chi connectivity index (χ2n) is 3.92. The second kappa shape index (κ2) is 4.81. The molecule has 2 nitrogen and oxygen atoms in total. The maximum Gasteiger partial charge on any atom is 0.0706 e. The van der Waals surface area contributed by atoms with Crippen LogP contribution in [0.2, 0.25) is 5.02 Å². The summed E-state index contributed by atoms with van der Waals surface area (Å²) in [5.74, 6) is 0. The molecule has 0 saturated carbocycles. The van der Waals surface area contributed by atoms with Gasteiger partial charge in [0.05, 0.1) is 5.52 Å². The summed E-state index contributed by atoms with van der Waals surface area (Å²) < 4.78 is 0. The second-order valence-corrected chi connectivity index (χ2v) is 4.36. The van der Waals surface area contributed by atoms with Crippen LogP contribution in [0.5, 0.6) is 0 Å². The van der Waals surface area contributed by atoms with Gasteiger partial charge in [-0.1, -0.05) is 11.6 Å². The van der Waals surface area contributed by atoms with Gasteiger partial charge in [-0.2, -0.15) is 0 Å². The third-order valence-corrected chi connectivity index (χ3v) is 2.95. The molecular formula is C13H15ClN2. The minimum atomic E-state index is 0.762. The fourth-order valence-electron chi connectivity index (χ4n) is 1.80. The first kappa shape index (κ1) is 11.4. The Bertz CT molecular complexity index is 509. The van der Waals surface area contributed by atoms with Crippen LogP contribution >= 0.6 is 11.6 Å². The van der Waals surface area contributed by atoms with Crippen LogP contribution in [0.1, 0.15) is 11.3 Å². The number of pyridine rings is 1. The molecule has 2 rings (SSSR count). The van der Waals surface area contributed by atoms with Crippen molar-refractivity contribution >= 4 is 22.5 Å². The summed E-state index contributed by atoms with van der Waals surface area (Å²) in [7, 11) is 1.96. The van der Waals surface area contributed by atoms with E-state index in [0.717, 1.165) is 34.6 Å².